The van der Waals surface area contributed by atoms with Crippen LogP contribution in [0.1, 0.15) is 21.5 Å². The lowest BCUT2D eigenvalue weighted by Crippen LogP contribution is -2.09. The molecule has 88 valence electrons. The molecule has 0 unspecified atom stereocenters. The van der Waals surface area contributed by atoms with Crippen LogP contribution in [-0.2, 0) is 9.53 Å². The van der Waals surface area contributed by atoms with Gasteiger partial charge in [-0.25, -0.2) is 0 Å². The van der Waals surface area contributed by atoms with E-state index in [0.29, 0.717) is 12.4 Å². The summed E-state index contributed by atoms with van der Waals surface area (Å²) in [6.45, 7) is 4.12. The summed E-state index contributed by atoms with van der Waals surface area (Å²) >= 11 is 2.78. The quantitative estimate of drug-likeness (QED) is 0.581. The Morgan fingerprint density at radius 1 is 1.38 bits per heavy atom. The molecular weight excluding hydrogens is 244 g/mol. The van der Waals surface area contributed by atoms with Gasteiger partial charge in [-0.2, -0.15) is 0 Å². The SMILES string of the molecule is CCOC(=O)CSCC(=O)c1ccc(C)s1. The van der Waals surface area contributed by atoms with E-state index >= 15 is 0 Å². The number of carbonyl (C=O) groups excluding carboxylic acids is 2. The number of thiophene rings is 1. The van der Waals surface area contributed by atoms with Crippen molar-refractivity contribution in [1.29, 1.82) is 0 Å². The average Bonchev–Trinajstić information content (AvgIpc) is 2.65. The normalized spacial score (nSPS) is 10.1. The van der Waals surface area contributed by atoms with Gasteiger partial charge < -0.3 is 4.74 Å². The van der Waals surface area contributed by atoms with Crippen LogP contribution < -0.4 is 0 Å². The summed E-state index contributed by atoms with van der Waals surface area (Å²) in [7, 11) is 0. The number of Topliss-reactive ketones (excluding diaryl/α,β-unsaturated/α-hetero) is 1. The first kappa shape index (κ1) is 13.3. The average molecular weight is 258 g/mol. The third kappa shape index (κ3) is 4.37. The molecule has 1 heterocycles. The van der Waals surface area contributed by atoms with Crippen molar-refractivity contribution in [3.05, 3.63) is 21.9 Å². The first-order chi connectivity index (χ1) is 7.63. The molecule has 0 N–H and O–H groups in total. The van der Waals surface area contributed by atoms with Gasteiger partial charge in [-0.05, 0) is 26.0 Å². The third-order valence-electron chi connectivity index (χ3n) is 1.77. The van der Waals surface area contributed by atoms with Crippen molar-refractivity contribution in [3.63, 3.8) is 0 Å². The number of aryl methyl sites for hydroxylation is 1. The molecule has 16 heavy (non-hydrogen) atoms. The third-order valence-corrected chi connectivity index (χ3v) is 3.72. The maximum Gasteiger partial charge on any atom is 0.315 e. The molecule has 3 nitrogen and oxygen atoms in total. The van der Waals surface area contributed by atoms with Gasteiger partial charge in [0.25, 0.3) is 0 Å². The Balaban J connectivity index is 2.28. The number of thioether (sulfide) groups is 1. The second-order valence-electron chi connectivity index (χ2n) is 3.13. The van der Waals surface area contributed by atoms with E-state index in [2.05, 4.69) is 0 Å². The number of hydrogen-bond acceptors (Lipinski definition) is 5. The number of esters is 1. The van der Waals surface area contributed by atoms with E-state index in [0.717, 1.165) is 9.75 Å². The smallest absolute Gasteiger partial charge is 0.315 e. The molecule has 0 fully saturated rings. The molecule has 0 aromatic carbocycles. The first-order valence-electron chi connectivity index (χ1n) is 4.96. The predicted octanol–water partition coefficient (Wildman–Crippen LogP) is 2.54. The van der Waals surface area contributed by atoms with Gasteiger partial charge in [0.1, 0.15) is 0 Å². The van der Waals surface area contributed by atoms with Gasteiger partial charge in [0.15, 0.2) is 5.78 Å². The van der Waals surface area contributed by atoms with Crippen molar-refractivity contribution < 1.29 is 14.3 Å². The van der Waals surface area contributed by atoms with Crippen molar-refractivity contribution in [2.75, 3.05) is 18.1 Å². The van der Waals surface area contributed by atoms with Crippen molar-refractivity contribution in [2.24, 2.45) is 0 Å². The van der Waals surface area contributed by atoms with Gasteiger partial charge in [0, 0.05) is 4.88 Å². The van der Waals surface area contributed by atoms with Crippen LogP contribution in [0, 0.1) is 6.92 Å². The van der Waals surface area contributed by atoms with E-state index in [1.165, 1.54) is 23.1 Å². The van der Waals surface area contributed by atoms with Gasteiger partial charge in [0.2, 0.25) is 0 Å². The summed E-state index contributed by atoms with van der Waals surface area (Å²) in [4.78, 5) is 24.5. The predicted molar refractivity (Wildman–Crippen MR) is 67.3 cm³/mol. The maximum atomic E-state index is 11.6. The molecule has 0 aliphatic carbocycles. The molecule has 0 spiro atoms. The minimum atomic E-state index is -0.261. The number of carbonyl (C=O) groups is 2. The largest absolute Gasteiger partial charge is 0.465 e. The van der Waals surface area contributed by atoms with E-state index in [9.17, 15) is 9.59 Å². The van der Waals surface area contributed by atoms with Gasteiger partial charge in [-0.15, -0.1) is 23.1 Å². The summed E-state index contributed by atoms with van der Waals surface area (Å²) in [5, 5.41) is 0. The van der Waals surface area contributed by atoms with Crippen LogP contribution in [0.3, 0.4) is 0 Å². The molecule has 1 aromatic rings. The zero-order chi connectivity index (χ0) is 12.0. The van der Waals surface area contributed by atoms with E-state index < -0.39 is 0 Å². The van der Waals surface area contributed by atoms with Crippen LogP contribution in [0.4, 0.5) is 0 Å². The summed E-state index contributed by atoms with van der Waals surface area (Å²) in [6.07, 6.45) is 0. The Kier molecular flexibility index (Phi) is 5.55. The van der Waals surface area contributed by atoms with Crippen LogP contribution >= 0.6 is 23.1 Å². The lowest BCUT2D eigenvalue weighted by Gasteiger charge is -2.00. The summed E-state index contributed by atoms with van der Waals surface area (Å²) in [5.74, 6) is 0.387. The fraction of sp³-hybridized carbons (Fsp3) is 0.455. The highest BCUT2D eigenvalue weighted by atomic mass is 32.2. The van der Waals surface area contributed by atoms with Crippen LogP contribution in [0.15, 0.2) is 12.1 Å². The van der Waals surface area contributed by atoms with E-state index in [1.54, 1.807) is 6.92 Å². The fourth-order valence-electron chi connectivity index (χ4n) is 1.09. The molecular formula is C11H14O3S2. The topological polar surface area (TPSA) is 43.4 Å². The van der Waals surface area contributed by atoms with E-state index in [-0.39, 0.29) is 17.5 Å². The molecule has 0 radical (unpaired) electrons. The molecule has 1 aromatic heterocycles. The lowest BCUT2D eigenvalue weighted by molar-refractivity contribution is -0.139. The van der Waals surface area contributed by atoms with Crippen LogP contribution in [0.5, 0.6) is 0 Å². The lowest BCUT2D eigenvalue weighted by atomic mass is 10.3. The Morgan fingerprint density at radius 2 is 2.12 bits per heavy atom. The molecule has 0 aliphatic rings. The van der Waals surface area contributed by atoms with Crippen molar-refractivity contribution in [1.82, 2.24) is 0 Å². The van der Waals surface area contributed by atoms with Gasteiger partial charge in [-0.3, -0.25) is 9.59 Å². The summed E-state index contributed by atoms with van der Waals surface area (Å²) in [5.41, 5.74) is 0. The second kappa shape index (κ2) is 6.70. The highest BCUT2D eigenvalue weighted by Crippen LogP contribution is 2.17. The summed E-state index contributed by atoms with van der Waals surface area (Å²) in [6, 6.07) is 3.75. The summed E-state index contributed by atoms with van der Waals surface area (Å²) < 4.78 is 4.77. The van der Waals surface area contributed by atoms with E-state index in [4.69, 9.17) is 4.74 Å². The second-order valence-corrected chi connectivity index (χ2v) is 5.40. The van der Waals surface area contributed by atoms with Crippen LogP contribution in [-0.4, -0.2) is 29.9 Å². The molecule has 0 amide bonds. The minimum absolute atomic E-state index is 0.0763. The molecule has 1 rings (SSSR count). The number of ketones is 1. The Labute approximate surface area is 103 Å². The zero-order valence-corrected chi connectivity index (χ0v) is 11.0. The number of rotatable bonds is 6. The molecule has 5 heteroatoms. The van der Waals surface area contributed by atoms with Crippen LogP contribution in [0.2, 0.25) is 0 Å². The fourth-order valence-corrected chi connectivity index (χ4v) is 2.67. The molecule has 0 bridgehead atoms. The molecule has 0 atom stereocenters. The standard InChI is InChI=1S/C11H14O3S2/c1-3-14-11(13)7-15-6-9(12)10-5-4-8(2)16-10/h4-5H,3,6-7H2,1-2H3. The van der Waals surface area contributed by atoms with Crippen molar-refractivity contribution in [2.45, 2.75) is 13.8 Å². The Hall–Kier alpha value is -0.810. The first-order valence-corrected chi connectivity index (χ1v) is 6.93. The van der Waals surface area contributed by atoms with E-state index in [1.807, 2.05) is 19.1 Å². The Morgan fingerprint density at radius 3 is 2.69 bits per heavy atom. The maximum absolute atomic E-state index is 11.6. The number of ether oxygens (including phenoxy) is 1. The highest BCUT2D eigenvalue weighted by molar-refractivity contribution is 8.00. The van der Waals surface area contributed by atoms with Gasteiger partial charge in [-0.1, -0.05) is 0 Å². The monoisotopic (exact) mass is 258 g/mol. The molecule has 0 aliphatic heterocycles. The van der Waals surface area contributed by atoms with Crippen molar-refractivity contribution >= 4 is 34.9 Å². The Bertz CT molecular complexity index is 371. The molecule has 0 saturated heterocycles. The van der Waals surface area contributed by atoms with Gasteiger partial charge in [0.05, 0.1) is 23.0 Å². The van der Waals surface area contributed by atoms with Crippen LogP contribution in [0.25, 0.3) is 0 Å². The highest BCUT2D eigenvalue weighted by Gasteiger charge is 2.09. The molecule has 0 saturated carbocycles. The van der Waals surface area contributed by atoms with Gasteiger partial charge >= 0.3 is 5.97 Å². The zero-order valence-electron chi connectivity index (χ0n) is 9.32. The van der Waals surface area contributed by atoms with Crippen molar-refractivity contribution in [3.8, 4) is 0 Å². The minimum Gasteiger partial charge on any atom is -0.465 e. The number of hydrogen-bond donors (Lipinski definition) is 0.